The number of amides is 2. The maximum atomic E-state index is 12.4. The number of alkyl halides is 1. The molecule has 0 radical (unpaired) electrons. The molecular weight excluding hydrogens is 538 g/mol. The zero-order valence-electron chi connectivity index (χ0n) is 16.1. The Kier molecular flexibility index (Phi) is 8.77. The number of nitrogens with one attached hydrogen (secondary N) is 3. The minimum absolute atomic E-state index is 0.110. The molecule has 1 aromatic carbocycles. The van der Waals surface area contributed by atoms with Crippen molar-refractivity contribution in [3.63, 3.8) is 0 Å². The number of aliphatic carboxylic acids is 1. The average Bonchev–Trinajstić information content (AvgIpc) is 2.72. The largest absolute Gasteiger partial charge is 0.481 e. The molecule has 2 unspecified atom stereocenters. The van der Waals surface area contributed by atoms with Crippen LogP contribution in [-0.2, 0) is 9.59 Å². The Morgan fingerprint density at radius 1 is 1.32 bits per heavy atom. The number of anilines is 1. The van der Waals surface area contributed by atoms with Crippen molar-refractivity contribution in [3.8, 4) is 0 Å². The topological polar surface area (TPSA) is 166 Å². The molecule has 0 heterocycles. The van der Waals surface area contributed by atoms with Gasteiger partial charge in [0.25, 0.3) is 5.91 Å². The van der Waals surface area contributed by atoms with Gasteiger partial charge >= 0.3 is 5.97 Å². The maximum Gasteiger partial charge on any atom is 0.303 e. The first-order chi connectivity index (χ1) is 14.6. The van der Waals surface area contributed by atoms with E-state index >= 15 is 0 Å². The average molecular weight is 559 g/mol. The van der Waals surface area contributed by atoms with Gasteiger partial charge in [-0.05, 0) is 42.3 Å². The van der Waals surface area contributed by atoms with Crippen LogP contribution in [0.25, 0.3) is 0 Å². The second-order valence-electron chi connectivity index (χ2n) is 6.55. The predicted molar refractivity (Wildman–Crippen MR) is 123 cm³/mol. The number of rotatable bonds is 9. The summed E-state index contributed by atoms with van der Waals surface area (Å²) in [5.74, 6) is 2.98. The molecule has 0 aromatic heterocycles. The van der Waals surface area contributed by atoms with Gasteiger partial charge in [0, 0.05) is 22.2 Å². The molecule has 2 atom stereocenters. The highest BCUT2D eigenvalue weighted by atomic mass is 79.9. The summed E-state index contributed by atoms with van der Waals surface area (Å²) in [6.07, 6.45) is 3.16. The quantitative estimate of drug-likeness (QED) is 0.0664. The molecule has 0 saturated heterocycles. The van der Waals surface area contributed by atoms with Crippen LogP contribution in [0.2, 0.25) is 0 Å². The number of carbonyl (C=O) groups excluding carboxylic acids is 2. The van der Waals surface area contributed by atoms with Gasteiger partial charge in [-0.2, -0.15) is 5.10 Å². The van der Waals surface area contributed by atoms with Gasteiger partial charge < -0.3 is 32.0 Å². The van der Waals surface area contributed by atoms with Gasteiger partial charge in [-0.1, -0.05) is 37.9 Å². The fraction of sp³-hybridized carbons (Fsp3) is 0.263. The van der Waals surface area contributed by atoms with E-state index in [4.69, 9.17) is 10.9 Å². The number of halogens is 2. The number of aliphatic hydroxyl groups excluding tert-OH is 1. The Hall–Kier alpha value is -2.70. The Morgan fingerprint density at radius 2 is 2.06 bits per heavy atom. The van der Waals surface area contributed by atoms with E-state index in [9.17, 15) is 19.5 Å². The van der Waals surface area contributed by atoms with Crippen molar-refractivity contribution >= 4 is 61.7 Å². The molecule has 166 valence electrons. The molecule has 0 saturated carbocycles. The van der Waals surface area contributed by atoms with Crippen molar-refractivity contribution in [1.29, 1.82) is 0 Å². The van der Waals surface area contributed by atoms with E-state index < -0.39 is 28.3 Å². The molecule has 0 aliphatic heterocycles. The lowest BCUT2D eigenvalue weighted by Crippen LogP contribution is -2.54. The first-order valence-corrected chi connectivity index (χ1v) is 10.6. The Balaban J connectivity index is 1.98. The van der Waals surface area contributed by atoms with Crippen molar-refractivity contribution in [2.75, 3.05) is 11.9 Å². The fourth-order valence-corrected chi connectivity index (χ4v) is 4.52. The molecule has 2 amide bonds. The van der Waals surface area contributed by atoms with E-state index in [-0.39, 0.29) is 19.4 Å². The number of carbonyl (C=O) groups is 3. The highest BCUT2D eigenvalue weighted by Crippen LogP contribution is 2.36. The first kappa shape index (κ1) is 24.6. The standard InChI is InChI=1S/C19H21Br2N5O5/c20-13-6-11(4-5-16(28)29)17(30)19(21,8-13)26-15(27)9-23-18(31)12-2-1-3-14(7-12)24-10-25-22/h1-3,6-8,10,17,30H,4-5,9,22H2,(H,23,31)(H,24,25)(H,26,27)(H,28,29). The lowest BCUT2D eigenvalue weighted by molar-refractivity contribution is -0.137. The van der Waals surface area contributed by atoms with Crippen molar-refractivity contribution in [2.24, 2.45) is 10.9 Å². The molecule has 2 rings (SSSR count). The number of nitrogens with zero attached hydrogens (tertiary/aromatic N) is 1. The minimum Gasteiger partial charge on any atom is -0.481 e. The summed E-state index contributed by atoms with van der Waals surface area (Å²) in [6.45, 7) is -0.347. The molecular formula is C19H21Br2N5O5. The van der Waals surface area contributed by atoms with Crippen molar-refractivity contribution < 1.29 is 24.6 Å². The molecule has 1 aliphatic carbocycles. The summed E-state index contributed by atoms with van der Waals surface area (Å²) < 4.78 is -0.800. The van der Waals surface area contributed by atoms with Crippen LogP contribution in [0.1, 0.15) is 23.2 Å². The number of hydrogen-bond acceptors (Lipinski definition) is 6. The minimum atomic E-state index is -1.36. The van der Waals surface area contributed by atoms with Crippen LogP contribution in [0.15, 0.2) is 51.6 Å². The van der Waals surface area contributed by atoms with Crippen molar-refractivity contribution in [2.45, 2.75) is 23.4 Å². The van der Waals surface area contributed by atoms with Gasteiger partial charge in [0.2, 0.25) is 5.91 Å². The van der Waals surface area contributed by atoms with E-state index in [1.165, 1.54) is 12.4 Å². The molecule has 0 bridgehead atoms. The Bertz CT molecular complexity index is 949. The van der Waals surface area contributed by atoms with Crippen LogP contribution in [0.3, 0.4) is 0 Å². The number of carboxylic acid groups (broad SMARTS) is 1. The number of nitrogens with two attached hydrogens (primary N) is 1. The smallest absolute Gasteiger partial charge is 0.303 e. The number of allylic oxidation sites excluding steroid dienone is 2. The molecule has 12 heteroatoms. The van der Waals surface area contributed by atoms with Gasteiger partial charge in [-0.25, -0.2) is 0 Å². The maximum absolute atomic E-state index is 12.4. The highest BCUT2D eigenvalue weighted by Gasteiger charge is 2.39. The van der Waals surface area contributed by atoms with Crippen LogP contribution in [0.5, 0.6) is 0 Å². The van der Waals surface area contributed by atoms with Gasteiger partial charge in [0.1, 0.15) is 16.9 Å². The monoisotopic (exact) mass is 557 g/mol. The lowest BCUT2D eigenvalue weighted by atomic mass is 9.93. The normalized spacial score (nSPS) is 20.5. The summed E-state index contributed by atoms with van der Waals surface area (Å²) in [5, 5.41) is 30.7. The van der Waals surface area contributed by atoms with Gasteiger partial charge in [0.15, 0.2) is 0 Å². The lowest BCUT2D eigenvalue weighted by Gasteiger charge is -2.35. The third-order valence-electron chi connectivity index (χ3n) is 4.22. The van der Waals surface area contributed by atoms with Gasteiger partial charge in [0.05, 0.1) is 6.54 Å². The molecule has 0 fully saturated rings. The number of aliphatic hydroxyl groups is 1. The molecule has 31 heavy (non-hydrogen) atoms. The van der Waals surface area contributed by atoms with E-state index in [2.05, 4.69) is 52.9 Å². The number of hydrogen-bond donors (Lipinski definition) is 6. The number of carboxylic acids is 1. The van der Waals surface area contributed by atoms with E-state index in [0.29, 0.717) is 21.3 Å². The van der Waals surface area contributed by atoms with E-state index in [1.807, 2.05) is 0 Å². The SMILES string of the molecule is NN=CNc1cccc(C(=O)NCC(=O)NC2(Br)C=C(Br)C=C(CCC(=O)O)C2O)c1. The summed E-state index contributed by atoms with van der Waals surface area (Å²) in [7, 11) is 0. The third-order valence-corrected chi connectivity index (χ3v) is 5.54. The molecule has 1 aromatic rings. The fourth-order valence-electron chi connectivity index (χ4n) is 2.79. The second kappa shape index (κ2) is 11.1. The van der Waals surface area contributed by atoms with E-state index in [0.717, 1.165) is 0 Å². The summed E-state index contributed by atoms with van der Waals surface area (Å²) in [5.41, 5.74) is 1.34. The van der Waals surface area contributed by atoms with Gasteiger partial charge in [-0.15, -0.1) is 0 Å². The Morgan fingerprint density at radius 3 is 2.74 bits per heavy atom. The van der Waals surface area contributed by atoms with Crippen molar-refractivity contribution in [3.05, 3.63) is 52.0 Å². The first-order valence-electron chi connectivity index (χ1n) is 8.99. The Labute approximate surface area is 194 Å². The van der Waals surface area contributed by atoms with Gasteiger partial charge in [-0.3, -0.25) is 14.4 Å². The number of hydrazone groups is 1. The van der Waals surface area contributed by atoms with Crippen LogP contribution < -0.4 is 21.8 Å². The second-order valence-corrected chi connectivity index (χ2v) is 8.77. The zero-order valence-corrected chi connectivity index (χ0v) is 19.3. The third kappa shape index (κ3) is 7.19. The molecule has 7 N–H and O–H groups in total. The van der Waals surface area contributed by atoms with E-state index in [1.54, 1.807) is 30.3 Å². The highest BCUT2D eigenvalue weighted by molar-refractivity contribution is 9.12. The zero-order chi connectivity index (χ0) is 23.0. The molecule has 0 spiro atoms. The van der Waals surface area contributed by atoms with Crippen molar-refractivity contribution in [1.82, 2.24) is 10.6 Å². The number of benzene rings is 1. The summed E-state index contributed by atoms with van der Waals surface area (Å²) in [4.78, 5) is 35.6. The predicted octanol–water partition coefficient (Wildman–Crippen LogP) is 1.38. The van der Waals surface area contributed by atoms with Crippen LogP contribution in [-0.4, -0.2) is 51.4 Å². The van der Waals surface area contributed by atoms with Crippen LogP contribution in [0, 0.1) is 0 Å². The summed E-state index contributed by atoms with van der Waals surface area (Å²) in [6, 6.07) is 6.50. The van der Waals surface area contributed by atoms with Crippen LogP contribution >= 0.6 is 31.9 Å². The summed E-state index contributed by atoms with van der Waals surface area (Å²) >= 11 is 6.61. The molecule has 1 aliphatic rings. The van der Waals surface area contributed by atoms with Crippen LogP contribution in [0.4, 0.5) is 5.69 Å². The molecule has 10 nitrogen and oxygen atoms in total.